The Balaban J connectivity index is 1.98. The third-order valence-electron chi connectivity index (χ3n) is 4.10. The van der Waals surface area contributed by atoms with Crippen LogP contribution in [0.5, 0.6) is 5.75 Å². The van der Waals surface area contributed by atoms with Crippen LogP contribution in [0.15, 0.2) is 42.5 Å². The summed E-state index contributed by atoms with van der Waals surface area (Å²) < 4.78 is 43.9. The van der Waals surface area contributed by atoms with Crippen molar-refractivity contribution in [2.24, 2.45) is 0 Å². The number of anilines is 1. The van der Waals surface area contributed by atoms with Crippen LogP contribution in [0.3, 0.4) is 0 Å². The molecule has 162 valence electrons. The molecule has 0 aliphatic rings. The summed E-state index contributed by atoms with van der Waals surface area (Å²) in [6, 6.07) is 7.91. The fourth-order valence-corrected chi connectivity index (χ4v) is 2.63. The maximum absolute atomic E-state index is 12.8. The van der Waals surface area contributed by atoms with E-state index in [2.05, 4.69) is 10.6 Å². The van der Waals surface area contributed by atoms with E-state index in [1.807, 2.05) is 0 Å². The van der Waals surface area contributed by atoms with E-state index in [1.54, 1.807) is 21.0 Å². The highest BCUT2D eigenvalue weighted by Gasteiger charge is 2.30. The summed E-state index contributed by atoms with van der Waals surface area (Å²) in [7, 11) is 3.19. The van der Waals surface area contributed by atoms with Crippen molar-refractivity contribution in [1.82, 2.24) is 10.2 Å². The number of ether oxygens (including phenoxy) is 1. The summed E-state index contributed by atoms with van der Waals surface area (Å²) in [5.41, 5.74) is -0.128. The molecule has 0 fully saturated rings. The summed E-state index contributed by atoms with van der Waals surface area (Å²) in [6.45, 7) is 1.38. The van der Waals surface area contributed by atoms with Crippen molar-refractivity contribution >= 4 is 29.2 Å². The third-order valence-corrected chi connectivity index (χ3v) is 4.40. The number of urea groups is 1. The number of carbonyl (C=O) groups is 2. The van der Waals surface area contributed by atoms with Crippen LogP contribution in [-0.4, -0.2) is 37.5 Å². The highest BCUT2D eigenvalue weighted by atomic mass is 35.5. The van der Waals surface area contributed by atoms with Crippen molar-refractivity contribution in [2.75, 3.05) is 26.0 Å². The molecule has 2 rings (SSSR count). The lowest BCUT2D eigenvalue weighted by atomic mass is 10.1. The SMILES string of the molecule is CC(NC(=O)Nc1ccc(OCC(=O)N(C)C)c(Cl)c1)c1cccc(C(F)(F)F)c1. The van der Waals surface area contributed by atoms with Crippen molar-refractivity contribution in [3.05, 3.63) is 58.6 Å². The molecule has 2 N–H and O–H groups in total. The highest BCUT2D eigenvalue weighted by molar-refractivity contribution is 6.32. The molecule has 30 heavy (non-hydrogen) atoms. The van der Waals surface area contributed by atoms with Crippen LogP contribution in [0.2, 0.25) is 5.02 Å². The average molecular weight is 444 g/mol. The molecule has 0 aliphatic carbocycles. The van der Waals surface area contributed by atoms with Crippen LogP contribution in [0.4, 0.5) is 23.7 Å². The average Bonchev–Trinajstić information content (AvgIpc) is 2.66. The van der Waals surface area contributed by atoms with Crippen LogP contribution in [0, 0.1) is 0 Å². The van der Waals surface area contributed by atoms with E-state index in [9.17, 15) is 22.8 Å². The number of alkyl halides is 3. The second kappa shape index (κ2) is 9.71. The molecule has 1 atom stereocenters. The van der Waals surface area contributed by atoms with E-state index >= 15 is 0 Å². The first kappa shape index (κ1) is 23.3. The second-order valence-corrected chi connectivity index (χ2v) is 7.07. The van der Waals surface area contributed by atoms with Gasteiger partial charge in [-0.15, -0.1) is 0 Å². The number of nitrogens with one attached hydrogen (secondary N) is 2. The quantitative estimate of drug-likeness (QED) is 0.679. The molecule has 10 heteroatoms. The monoisotopic (exact) mass is 443 g/mol. The molecule has 0 heterocycles. The Morgan fingerprint density at radius 3 is 2.47 bits per heavy atom. The minimum Gasteiger partial charge on any atom is -0.482 e. The molecule has 2 aromatic carbocycles. The summed E-state index contributed by atoms with van der Waals surface area (Å²) in [6.07, 6.45) is -4.46. The van der Waals surface area contributed by atoms with Crippen LogP contribution < -0.4 is 15.4 Å². The molecule has 0 aromatic heterocycles. The number of nitrogens with zero attached hydrogens (tertiary/aromatic N) is 1. The Morgan fingerprint density at radius 2 is 1.87 bits per heavy atom. The molecule has 0 aliphatic heterocycles. The van der Waals surface area contributed by atoms with Crippen LogP contribution in [0.1, 0.15) is 24.1 Å². The van der Waals surface area contributed by atoms with Gasteiger partial charge in [0.25, 0.3) is 5.91 Å². The summed E-state index contributed by atoms with van der Waals surface area (Å²) in [5, 5.41) is 5.30. The van der Waals surface area contributed by atoms with E-state index in [-0.39, 0.29) is 23.3 Å². The molecular formula is C20H21ClF3N3O3. The largest absolute Gasteiger partial charge is 0.482 e. The third kappa shape index (κ3) is 6.55. The first-order valence-corrected chi connectivity index (χ1v) is 9.22. The lowest BCUT2D eigenvalue weighted by Gasteiger charge is -2.17. The highest BCUT2D eigenvalue weighted by Crippen LogP contribution is 2.31. The Kier molecular flexibility index (Phi) is 7.55. The van der Waals surface area contributed by atoms with Gasteiger partial charge in [-0.2, -0.15) is 13.2 Å². The molecule has 2 aromatic rings. The summed E-state index contributed by atoms with van der Waals surface area (Å²) in [4.78, 5) is 25.1. The maximum atomic E-state index is 12.8. The van der Waals surface area contributed by atoms with E-state index in [4.69, 9.17) is 16.3 Å². The van der Waals surface area contributed by atoms with Gasteiger partial charge < -0.3 is 20.3 Å². The number of rotatable bonds is 6. The number of likely N-dealkylation sites (N-methyl/N-ethyl adjacent to an activating group) is 1. The van der Waals surface area contributed by atoms with Gasteiger partial charge in [0.15, 0.2) is 6.61 Å². The number of carbonyl (C=O) groups excluding carboxylic acids is 2. The number of amides is 3. The smallest absolute Gasteiger partial charge is 0.416 e. The Morgan fingerprint density at radius 1 is 1.17 bits per heavy atom. The summed E-state index contributed by atoms with van der Waals surface area (Å²) in [5.74, 6) is 0.0337. The van der Waals surface area contributed by atoms with Crippen LogP contribution >= 0.6 is 11.6 Å². The fraction of sp³-hybridized carbons (Fsp3) is 0.300. The van der Waals surface area contributed by atoms with E-state index in [1.165, 1.54) is 35.2 Å². The first-order valence-electron chi connectivity index (χ1n) is 8.84. The van der Waals surface area contributed by atoms with E-state index < -0.39 is 23.8 Å². The van der Waals surface area contributed by atoms with Crippen molar-refractivity contribution in [3.8, 4) is 5.75 Å². The van der Waals surface area contributed by atoms with Gasteiger partial charge in [-0.1, -0.05) is 23.7 Å². The zero-order valence-corrected chi connectivity index (χ0v) is 17.3. The van der Waals surface area contributed by atoms with Gasteiger partial charge in [0.1, 0.15) is 5.75 Å². The standard InChI is InChI=1S/C20H21ClF3N3O3/c1-12(13-5-4-6-14(9-13)20(22,23)24)25-19(29)26-15-7-8-17(16(21)10-15)30-11-18(28)27(2)3/h4-10,12H,11H2,1-3H3,(H2,25,26,29). The molecule has 0 spiro atoms. The Bertz CT molecular complexity index is 920. The maximum Gasteiger partial charge on any atom is 0.416 e. The van der Waals surface area contributed by atoms with Crippen molar-refractivity contribution in [1.29, 1.82) is 0 Å². The van der Waals surface area contributed by atoms with Crippen molar-refractivity contribution in [3.63, 3.8) is 0 Å². The van der Waals surface area contributed by atoms with E-state index in [0.29, 0.717) is 11.3 Å². The molecule has 6 nitrogen and oxygen atoms in total. The number of halogens is 4. The molecule has 0 saturated heterocycles. The topological polar surface area (TPSA) is 70.7 Å². The fourth-order valence-electron chi connectivity index (χ4n) is 2.40. The van der Waals surface area contributed by atoms with Gasteiger partial charge in [-0.05, 0) is 42.8 Å². The number of hydrogen-bond acceptors (Lipinski definition) is 3. The minimum atomic E-state index is -4.46. The predicted molar refractivity (Wildman–Crippen MR) is 108 cm³/mol. The molecular weight excluding hydrogens is 423 g/mol. The molecule has 3 amide bonds. The van der Waals surface area contributed by atoms with Gasteiger partial charge >= 0.3 is 12.2 Å². The summed E-state index contributed by atoms with van der Waals surface area (Å²) >= 11 is 6.11. The van der Waals surface area contributed by atoms with Gasteiger partial charge in [0.05, 0.1) is 16.6 Å². The molecule has 1 unspecified atom stereocenters. The lowest BCUT2D eigenvalue weighted by molar-refractivity contribution is -0.137. The number of benzene rings is 2. The molecule has 0 saturated carbocycles. The zero-order chi connectivity index (χ0) is 22.5. The second-order valence-electron chi connectivity index (χ2n) is 6.67. The normalized spacial score (nSPS) is 12.1. The molecule has 0 radical (unpaired) electrons. The Hall–Kier alpha value is -2.94. The Labute approximate surface area is 177 Å². The first-order chi connectivity index (χ1) is 14.0. The molecule has 0 bridgehead atoms. The van der Waals surface area contributed by atoms with E-state index in [0.717, 1.165) is 12.1 Å². The van der Waals surface area contributed by atoms with Gasteiger partial charge in [0.2, 0.25) is 0 Å². The van der Waals surface area contributed by atoms with Crippen LogP contribution in [0.25, 0.3) is 0 Å². The van der Waals surface area contributed by atoms with Crippen molar-refractivity contribution in [2.45, 2.75) is 19.1 Å². The van der Waals surface area contributed by atoms with Gasteiger partial charge in [0, 0.05) is 19.8 Å². The zero-order valence-electron chi connectivity index (χ0n) is 16.5. The van der Waals surface area contributed by atoms with Crippen LogP contribution in [-0.2, 0) is 11.0 Å². The minimum absolute atomic E-state index is 0.185. The number of hydrogen-bond donors (Lipinski definition) is 2. The van der Waals surface area contributed by atoms with Crippen molar-refractivity contribution < 1.29 is 27.5 Å². The predicted octanol–water partition coefficient (Wildman–Crippen LogP) is 4.71. The van der Waals surface area contributed by atoms with Gasteiger partial charge in [-0.3, -0.25) is 4.79 Å². The lowest BCUT2D eigenvalue weighted by Crippen LogP contribution is -2.31. The van der Waals surface area contributed by atoms with Gasteiger partial charge in [-0.25, -0.2) is 4.79 Å².